The van der Waals surface area contributed by atoms with Gasteiger partial charge in [0.25, 0.3) is 5.91 Å². The third kappa shape index (κ3) is 5.03. The number of aliphatic imine (C=N–C) groups is 1. The van der Waals surface area contributed by atoms with E-state index in [1.165, 1.54) is 14.2 Å². The van der Waals surface area contributed by atoms with Crippen molar-refractivity contribution < 1.29 is 28.9 Å². The van der Waals surface area contributed by atoms with Crippen molar-refractivity contribution in [1.82, 2.24) is 0 Å². The minimum atomic E-state index is -0.747. The number of thioether (sulfide) groups is 1. The molecule has 0 unspecified atom stereocenters. The summed E-state index contributed by atoms with van der Waals surface area (Å²) in [5, 5.41) is 10.8. The van der Waals surface area contributed by atoms with Gasteiger partial charge >= 0.3 is 5.97 Å². The predicted octanol–water partition coefficient (Wildman–Crippen LogP) is 4.71. The molecule has 3 rings (SSSR count). The van der Waals surface area contributed by atoms with Crippen molar-refractivity contribution in [1.29, 1.82) is 0 Å². The molecule has 0 atom stereocenters. The van der Waals surface area contributed by atoms with Gasteiger partial charge in [-0.1, -0.05) is 35.5 Å². The minimum Gasteiger partial charge on any atom is -0.506 e. The van der Waals surface area contributed by atoms with Gasteiger partial charge in [-0.2, -0.15) is 0 Å². The van der Waals surface area contributed by atoms with E-state index in [0.717, 1.165) is 17.3 Å². The van der Waals surface area contributed by atoms with Crippen LogP contribution in [0.3, 0.4) is 0 Å². The van der Waals surface area contributed by atoms with Crippen LogP contribution in [0.2, 0.25) is 0 Å². The number of aliphatic hydroxyl groups excluding tert-OH is 1. The number of nitrogens with zero attached hydrogens (tertiary/aromatic N) is 1. The Morgan fingerprint density at radius 2 is 1.75 bits per heavy atom. The lowest BCUT2D eigenvalue weighted by Gasteiger charge is -2.08. The Bertz CT molecular complexity index is 1130. The molecule has 32 heavy (non-hydrogen) atoms. The van der Waals surface area contributed by atoms with Crippen molar-refractivity contribution in [2.45, 2.75) is 13.8 Å². The molecule has 166 valence electrons. The SMILES string of the molecule is CCOC(=O)C1=C(O)/C(=C/c2ccc(OC)c(OC)c2)SC1=NC(=O)c1ccc(C)cc1. The van der Waals surface area contributed by atoms with E-state index in [1.54, 1.807) is 55.5 Å². The standard InChI is InChI=1S/C24H23NO6S/c1-5-31-24(28)20-21(26)19(13-15-8-11-17(29-3)18(12-15)30-4)32-23(20)25-22(27)16-9-6-14(2)7-10-16/h6-13,26H,5H2,1-4H3/b19-13-,25-23?. The first-order valence-electron chi connectivity index (χ1n) is 9.80. The van der Waals surface area contributed by atoms with Gasteiger partial charge < -0.3 is 19.3 Å². The van der Waals surface area contributed by atoms with E-state index in [9.17, 15) is 14.7 Å². The third-order valence-electron chi connectivity index (χ3n) is 4.58. The fourth-order valence-electron chi connectivity index (χ4n) is 2.94. The lowest BCUT2D eigenvalue weighted by atomic mass is 10.1. The molecule has 7 nitrogen and oxygen atoms in total. The molecule has 0 radical (unpaired) electrons. The summed E-state index contributed by atoms with van der Waals surface area (Å²) in [7, 11) is 3.06. The zero-order chi connectivity index (χ0) is 23.3. The van der Waals surface area contributed by atoms with Gasteiger partial charge in [-0.25, -0.2) is 9.79 Å². The highest BCUT2D eigenvalue weighted by Gasteiger charge is 2.34. The summed E-state index contributed by atoms with van der Waals surface area (Å²) < 4.78 is 15.6. The van der Waals surface area contributed by atoms with E-state index in [2.05, 4.69) is 4.99 Å². The molecule has 2 aromatic rings. The maximum atomic E-state index is 12.7. The number of amides is 1. The number of hydrogen-bond acceptors (Lipinski definition) is 7. The third-order valence-corrected chi connectivity index (χ3v) is 5.60. The van der Waals surface area contributed by atoms with Gasteiger partial charge in [0.2, 0.25) is 0 Å². The molecule has 0 spiro atoms. The van der Waals surface area contributed by atoms with Crippen molar-refractivity contribution in [3.63, 3.8) is 0 Å². The fourth-order valence-corrected chi connectivity index (χ4v) is 3.95. The minimum absolute atomic E-state index is 0.0817. The number of methoxy groups -OCH3 is 2. The van der Waals surface area contributed by atoms with Crippen LogP contribution in [0.1, 0.15) is 28.4 Å². The molecule has 1 N–H and O–H groups in total. The highest BCUT2D eigenvalue weighted by Crippen LogP contribution is 2.40. The van der Waals surface area contributed by atoms with E-state index in [4.69, 9.17) is 14.2 Å². The van der Waals surface area contributed by atoms with Crippen LogP contribution in [-0.4, -0.2) is 42.9 Å². The Balaban J connectivity index is 2.01. The summed E-state index contributed by atoms with van der Waals surface area (Å²) in [6, 6.07) is 12.2. The van der Waals surface area contributed by atoms with E-state index < -0.39 is 11.9 Å². The molecule has 1 aliphatic rings. The molecule has 0 saturated heterocycles. The summed E-state index contributed by atoms with van der Waals surface area (Å²) in [4.78, 5) is 29.6. The predicted molar refractivity (Wildman–Crippen MR) is 124 cm³/mol. The molecule has 2 aromatic carbocycles. The second-order valence-electron chi connectivity index (χ2n) is 6.76. The van der Waals surface area contributed by atoms with Crippen LogP contribution >= 0.6 is 11.8 Å². The quantitative estimate of drug-likeness (QED) is 0.633. The maximum Gasteiger partial charge on any atom is 0.344 e. The average Bonchev–Trinajstić information content (AvgIpc) is 3.08. The summed E-state index contributed by atoms with van der Waals surface area (Å²) in [6.07, 6.45) is 1.67. The van der Waals surface area contributed by atoms with Crippen molar-refractivity contribution in [3.8, 4) is 11.5 Å². The summed E-state index contributed by atoms with van der Waals surface area (Å²) in [5.41, 5.74) is 1.95. The number of hydrogen-bond donors (Lipinski definition) is 1. The zero-order valence-corrected chi connectivity index (χ0v) is 19.0. The van der Waals surface area contributed by atoms with Gasteiger partial charge in [0, 0.05) is 5.56 Å². The first-order valence-corrected chi connectivity index (χ1v) is 10.6. The Morgan fingerprint density at radius 1 is 1.06 bits per heavy atom. The van der Waals surface area contributed by atoms with Gasteiger partial charge in [-0.05, 0) is 49.8 Å². The number of carbonyl (C=O) groups excluding carboxylic acids is 2. The van der Waals surface area contributed by atoms with Crippen LogP contribution in [0, 0.1) is 6.92 Å². The molecular formula is C24H23NO6S. The monoisotopic (exact) mass is 453 g/mol. The summed E-state index contributed by atoms with van der Waals surface area (Å²) in [6.45, 7) is 3.69. The van der Waals surface area contributed by atoms with Crippen LogP contribution < -0.4 is 9.47 Å². The molecular weight excluding hydrogens is 430 g/mol. The number of carbonyl (C=O) groups is 2. The summed E-state index contributed by atoms with van der Waals surface area (Å²) >= 11 is 1.02. The highest BCUT2D eigenvalue weighted by molar-refractivity contribution is 8.18. The van der Waals surface area contributed by atoms with E-state index in [1.807, 2.05) is 6.92 Å². The normalized spacial score (nSPS) is 15.9. The second-order valence-corrected chi connectivity index (χ2v) is 7.79. The molecule has 1 amide bonds. The molecule has 0 aromatic heterocycles. The number of aliphatic hydroxyl groups is 1. The van der Waals surface area contributed by atoms with Gasteiger partial charge in [0.05, 0.1) is 25.7 Å². The van der Waals surface area contributed by atoms with Crippen molar-refractivity contribution in [3.05, 3.63) is 75.4 Å². The number of rotatable bonds is 6. The number of ether oxygens (including phenoxy) is 3. The van der Waals surface area contributed by atoms with Crippen molar-refractivity contribution >= 4 is 34.8 Å². The van der Waals surface area contributed by atoms with Crippen LogP contribution in [0.15, 0.2) is 63.7 Å². The molecule has 8 heteroatoms. The summed E-state index contributed by atoms with van der Waals surface area (Å²) in [5.74, 6) is -0.481. The lowest BCUT2D eigenvalue weighted by Crippen LogP contribution is -2.14. The van der Waals surface area contributed by atoms with Gasteiger partial charge in [-0.3, -0.25) is 4.79 Å². The Morgan fingerprint density at radius 3 is 2.38 bits per heavy atom. The molecule has 0 saturated carbocycles. The number of aryl methyl sites for hydroxylation is 1. The van der Waals surface area contributed by atoms with Crippen LogP contribution in [0.25, 0.3) is 6.08 Å². The number of benzene rings is 2. The van der Waals surface area contributed by atoms with Crippen LogP contribution in [0.5, 0.6) is 11.5 Å². The Kier molecular flexibility index (Phi) is 7.37. The molecule has 0 aliphatic carbocycles. The number of esters is 1. The van der Waals surface area contributed by atoms with E-state index in [-0.39, 0.29) is 23.0 Å². The first kappa shape index (κ1) is 23.1. The van der Waals surface area contributed by atoms with Gasteiger partial charge in [-0.15, -0.1) is 0 Å². The Hall–Kier alpha value is -3.52. The van der Waals surface area contributed by atoms with Crippen LogP contribution in [-0.2, 0) is 9.53 Å². The topological polar surface area (TPSA) is 94.4 Å². The largest absolute Gasteiger partial charge is 0.506 e. The highest BCUT2D eigenvalue weighted by atomic mass is 32.2. The van der Waals surface area contributed by atoms with E-state index >= 15 is 0 Å². The smallest absolute Gasteiger partial charge is 0.344 e. The van der Waals surface area contributed by atoms with Gasteiger partial charge in [0.1, 0.15) is 16.4 Å². The first-order chi connectivity index (χ1) is 15.4. The maximum absolute atomic E-state index is 12.7. The van der Waals surface area contributed by atoms with Crippen LogP contribution in [0.4, 0.5) is 0 Å². The molecule has 1 heterocycles. The molecule has 1 aliphatic heterocycles. The average molecular weight is 454 g/mol. The second kappa shape index (κ2) is 10.2. The fraction of sp³-hybridized carbons (Fsp3) is 0.208. The Labute approximate surface area is 190 Å². The van der Waals surface area contributed by atoms with E-state index in [0.29, 0.717) is 27.5 Å². The van der Waals surface area contributed by atoms with Gasteiger partial charge in [0.15, 0.2) is 11.5 Å². The van der Waals surface area contributed by atoms with Crippen molar-refractivity contribution in [2.24, 2.45) is 4.99 Å². The zero-order valence-electron chi connectivity index (χ0n) is 18.2. The molecule has 0 fully saturated rings. The lowest BCUT2D eigenvalue weighted by molar-refractivity contribution is -0.138. The van der Waals surface area contributed by atoms with Crippen molar-refractivity contribution in [2.75, 3.05) is 20.8 Å². The molecule has 0 bridgehead atoms.